The lowest BCUT2D eigenvalue weighted by atomic mass is 9.87. The standard InChI is InChI=1S/C15H30N2O2/c1-11(2)13(10-12-6-8-16-9-7-12)17-14(18)19-15(3,4)5/h11-13,16H,6-10H2,1-5H3,(H,17,18). The van der Waals surface area contributed by atoms with Crippen LogP contribution in [-0.4, -0.2) is 30.8 Å². The van der Waals surface area contributed by atoms with Crippen molar-refractivity contribution in [3.05, 3.63) is 0 Å². The van der Waals surface area contributed by atoms with Gasteiger partial charge in [0.1, 0.15) is 5.60 Å². The van der Waals surface area contributed by atoms with Crippen LogP contribution in [0.15, 0.2) is 0 Å². The smallest absolute Gasteiger partial charge is 0.407 e. The Morgan fingerprint density at radius 2 is 1.89 bits per heavy atom. The summed E-state index contributed by atoms with van der Waals surface area (Å²) in [7, 11) is 0. The highest BCUT2D eigenvalue weighted by Crippen LogP contribution is 2.21. The zero-order chi connectivity index (χ0) is 14.5. The Hall–Kier alpha value is -0.770. The Labute approximate surface area is 117 Å². The van der Waals surface area contributed by atoms with Gasteiger partial charge in [-0.2, -0.15) is 0 Å². The molecule has 1 amide bonds. The van der Waals surface area contributed by atoms with E-state index < -0.39 is 5.60 Å². The molecule has 0 aliphatic carbocycles. The number of nitrogens with one attached hydrogen (secondary N) is 2. The third-order valence-corrected chi connectivity index (χ3v) is 3.55. The van der Waals surface area contributed by atoms with Crippen LogP contribution in [-0.2, 0) is 4.74 Å². The molecule has 0 radical (unpaired) electrons. The Morgan fingerprint density at radius 3 is 2.37 bits per heavy atom. The molecule has 1 atom stereocenters. The number of carbonyl (C=O) groups excluding carboxylic acids is 1. The summed E-state index contributed by atoms with van der Waals surface area (Å²) >= 11 is 0. The van der Waals surface area contributed by atoms with Gasteiger partial charge >= 0.3 is 6.09 Å². The van der Waals surface area contributed by atoms with Crippen LogP contribution >= 0.6 is 0 Å². The predicted molar refractivity (Wildman–Crippen MR) is 78.2 cm³/mol. The Kier molecular flexibility index (Phi) is 6.11. The van der Waals surface area contributed by atoms with Crippen LogP contribution in [0.1, 0.15) is 53.9 Å². The number of alkyl carbamates (subject to hydrolysis) is 1. The molecular weight excluding hydrogens is 240 g/mol. The van der Waals surface area contributed by atoms with E-state index >= 15 is 0 Å². The first-order chi connectivity index (χ1) is 8.78. The predicted octanol–water partition coefficient (Wildman–Crippen LogP) is 2.93. The van der Waals surface area contributed by atoms with E-state index in [2.05, 4.69) is 24.5 Å². The fourth-order valence-electron chi connectivity index (χ4n) is 2.43. The molecule has 1 saturated heterocycles. The topological polar surface area (TPSA) is 50.4 Å². The van der Waals surface area contributed by atoms with Gasteiger partial charge in [-0.3, -0.25) is 0 Å². The van der Waals surface area contributed by atoms with Crippen molar-refractivity contribution < 1.29 is 9.53 Å². The van der Waals surface area contributed by atoms with Crippen molar-refractivity contribution in [2.45, 2.75) is 65.5 Å². The molecule has 112 valence electrons. The molecule has 1 aliphatic rings. The van der Waals surface area contributed by atoms with E-state index in [4.69, 9.17) is 4.74 Å². The summed E-state index contributed by atoms with van der Waals surface area (Å²) in [4.78, 5) is 11.9. The van der Waals surface area contributed by atoms with Crippen LogP contribution in [0, 0.1) is 11.8 Å². The van der Waals surface area contributed by atoms with Gasteiger partial charge in [0.25, 0.3) is 0 Å². The van der Waals surface area contributed by atoms with Crippen molar-refractivity contribution in [1.29, 1.82) is 0 Å². The van der Waals surface area contributed by atoms with E-state index in [0.717, 1.165) is 19.5 Å². The zero-order valence-electron chi connectivity index (χ0n) is 13.1. The first-order valence-corrected chi connectivity index (χ1v) is 7.48. The van der Waals surface area contributed by atoms with Crippen molar-refractivity contribution in [1.82, 2.24) is 10.6 Å². The molecule has 0 aromatic rings. The molecule has 1 unspecified atom stereocenters. The molecule has 4 heteroatoms. The molecule has 1 rings (SSSR count). The van der Waals surface area contributed by atoms with Crippen LogP contribution in [0.2, 0.25) is 0 Å². The van der Waals surface area contributed by atoms with Gasteiger partial charge in [-0.25, -0.2) is 4.79 Å². The third kappa shape index (κ3) is 6.81. The first-order valence-electron chi connectivity index (χ1n) is 7.48. The minimum absolute atomic E-state index is 0.206. The maximum atomic E-state index is 11.9. The highest BCUT2D eigenvalue weighted by atomic mass is 16.6. The number of rotatable bonds is 4. The fraction of sp³-hybridized carbons (Fsp3) is 0.933. The van der Waals surface area contributed by atoms with Gasteiger partial charge in [-0.1, -0.05) is 13.8 Å². The van der Waals surface area contributed by atoms with Crippen LogP contribution in [0.25, 0.3) is 0 Å². The summed E-state index contributed by atoms with van der Waals surface area (Å²) in [5.74, 6) is 1.14. The minimum atomic E-state index is -0.430. The average molecular weight is 270 g/mol. The lowest BCUT2D eigenvalue weighted by Gasteiger charge is -2.30. The molecule has 19 heavy (non-hydrogen) atoms. The molecule has 1 fully saturated rings. The first kappa shape index (κ1) is 16.3. The number of hydrogen-bond donors (Lipinski definition) is 2. The second-order valence-electron chi connectivity index (χ2n) is 6.93. The Balaban J connectivity index is 2.45. The summed E-state index contributed by atoms with van der Waals surface area (Å²) in [6, 6.07) is 0.206. The summed E-state index contributed by atoms with van der Waals surface area (Å²) in [5, 5.41) is 6.42. The van der Waals surface area contributed by atoms with E-state index in [1.54, 1.807) is 0 Å². The number of amides is 1. The van der Waals surface area contributed by atoms with E-state index in [0.29, 0.717) is 11.8 Å². The molecule has 0 spiro atoms. The highest BCUT2D eigenvalue weighted by Gasteiger charge is 2.24. The normalized spacial score (nSPS) is 19.3. The van der Waals surface area contributed by atoms with Gasteiger partial charge in [-0.15, -0.1) is 0 Å². The van der Waals surface area contributed by atoms with Gasteiger partial charge in [0.15, 0.2) is 0 Å². The monoisotopic (exact) mass is 270 g/mol. The van der Waals surface area contributed by atoms with Crippen LogP contribution in [0.4, 0.5) is 4.79 Å². The van der Waals surface area contributed by atoms with Crippen LogP contribution in [0.3, 0.4) is 0 Å². The van der Waals surface area contributed by atoms with Crippen molar-refractivity contribution in [3.8, 4) is 0 Å². The maximum Gasteiger partial charge on any atom is 0.407 e. The molecule has 2 N–H and O–H groups in total. The van der Waals surface area contributed by atoms with Crippen LogP contribution in [0.5, 0.6) is 0 Å². The summed E-state index contributed by atoms with van der Waals surface area (Å²) < 4.78 is 5.35. The van der Waals surface area contributed by atoms with E-state index in [1.165, 1.54) is 12.8 Å². The van der Waals surface area contributed by atoms with Crippen LogP contribution < -0.4 is 10.6 Å². The molecule has 0 saturated carbocycles. The largest absolute Gasteiger partial charge is 0.444 e. The summed E-state index contributed by atoms with van der Waals surface area (Å²) in [6.07, 6.45) is 3.18. The van der Waals surface area contributed by atoms with Gasteiger partial charge in [0, 0.05) is 6.04 Å². The number of carbonyl (C=O) groups is 1. The molecular formula is C15H30N2O2. The molecule has 0 aromatic heterocycles. The maximum absolute atomic E-state index is 11.9. The molecule has 0 aromatic carbocycles. The lowest BCUT2D eigenvalue weighted by molar-refractivity contribution is 0.0479. The van der Waals surface area contributed by atoms with E-state index in [-0.39, 0.29) is 12.1 Å². The highest BCUT2D eigenvalue weighted by molar-refractivity contribution is 5.68. The zero-order valence-corrected chi connectivity index (χ0v) is 13.1. The van der Waals surface area contributed by atoms with Crippen molar-refractivity contribution >= 4 is 6.09 Å². The van der Waals surface area contributed by atoms with Crippen molar-refractivity contribution in [2.24, 2.45) is 11.8 Å². The fourth-order valence-corrected chi connectivity index (χ4v) is 2.43. The quantitative estimate of drug-likeness (QED) is 0.826. The minimum Gasteiger partial charge on any atom is -0.444 e. The average Bonchev–Trinajstić information content (AvgIpc) is 2.26. The second kappa shape index (κ2) is 7.13. The SMILES string of the molecule is CC(C)C(CC1CCNCC1)NC(=O)OC(C)(C)C. The van der Waals surface area contributed by atoms with Crippen molar-refractivity contribution in [2.75, 3.05) is 13.1 Å². The van der Waals surface area contributed by atoms with E-state index in [9.17, 15) is 4.79 Å². The molecule has 1 aliphatic heterocycles. The number of ether oxygens (including phenoxy) is 1. The van der Waals surface area contributed by atoms with Gasteiger partial charge in [0.2, 0.25) is 0 Å². The van der Waals surface area contributed by atoms with E-state index in [1.807, 2.05) is 20.8 Å². The number of hydrogen-bond acceptors (Lipinski definition) is 3. The Bertz CT molecular complexity index is 278. The summed E-state index contributed by atoms with van der Waals surface area (Å²) in [6.45, 7) is 12.2. The molecule has 4 nitrogen and oxygen atoms in total. The van der Waals surface area contributed by atoms with Gasteiger partial charge in [0.05, 0.1) is 0 Å². The number of piperidine rings is 1. The molecule has 1 heterocycles. The van der Waals surface area contributed by atoms with Crippen molar-refractivity contribution in [3.63, 3.8) is 0 Å². The van der Waals surface area contributed by atoms with Gasteiger partial charge < -0.3 is 15.4 Å². The lowest BCUT2D eigenvalue weighted by Crippen LogP contribution is -2.43. The van der Waals surface area contributed by atoms with Gasteiger partial charge in [-0.05, 0) is 65.0 Å². The third-order valence-electron chi connectivity index (χ3n) is 3.55. The second-order valence-corrected chi connectivity index (χ2v) is 6.93. The molecule has 0 bridgehead atoms. The Morgan fingerprint density at radius 1 is 1.32 bits per heavy atom. The summed E-state index contributed by atoms with van der Waals surface area (Å²) in [5.41, 5.74) is -0.430.